The second-order valence-corrected chi connectivity index (χ2v) is 15.2. The van der Waals surface area contributed by atoms with Gasteiger partial charge in [-0.15, -0.1) is 0 Å². The summed E-state index contributed by atoms with van der Waals surface area (Å²) in [5.74, 6) is -0.133. The van der Waals surface area contributed by atoms with E-state index < -0.39 is 0 Å². The number of Topliss-reactive ketones (excluding diaryl/α,β-unsaturated/α-hetero) is 1. The number of ketones is 1. The summed E-state index contributed by atoms with van der Waals surface area (Å²) >= 11 is 24.4. The van der Waals surface area contributed by atoms with Gasteiger partial charge < -0.3 is 0 Å². The number of amides is 1. The molecule has 1 heterocycles. The van der Waals surface area contributed by atoms with E-state index >= 15 is 0 Å². The quantitative estimate of drug-likeness (QED) is 0.147. The number of likely N-dealkylation sites (tertiary alicyclic amines) is 1. The van der Waals surface area contributed by atoms with E-state index in [2.05, 4.69) is 15.7 Å². The number of halogens is 5. The van der Waals surface area contributed by atoms with Gasteiger partial charge in [-0.1, -0.05) is 0 Å². The Morgan fingerprint density at radius 3 is 1.90 bits per heavy atom. The average molecular weight is 755 g/mol. The molecule has 0 bridgehead atoms. The second-order valence-electron chi connectivity index (χ2n) is 10.6. The summed E-state index contributed by atoms with van der Waals surface area (Å²) in [5.41, 5.74) is 3.58. The van der Waals surface area contributed by atoms with E-state index in [9.17, 15) is 9.59 Å². The number of hydrogen-bond acceptors (Lipinski definition) is 3. The van der Waals surface area contributed by atoms with Gasteiger partial charge in [-0.3, -0.25) is 0 Å². The standard InChI is InChI=1S/C33H30Cl4IN2O2/c34-27-12-10-22(16-29(27)36)14-24-19-40(20-25(32(24)41)15-23-11-13-28(35)30(37)17-23)33(42)31(18-21-6-2-1-3-7-21)39-38-26-8-4-5-9-26/h1-3,6-7,10-17,26,31,39H,4-5,8-9,18-20H2/q-1/b24-14+,25-15+. The Labute approximate surface area is 277 Å². The summed E-state index contributed by atoms with van der Waals surface area (Å²) < 4.78 is 4.39. The molecule has 220 valence electrons. The molecule has 3 aromatic rings. The molecule has 1 aliphatic heterocycles. The van der Waals surface area contributed by atoms with Crippen LogP contribution in [0.5, 0.6) is 0 Å². The first-order valence-electron chi connectivity index (χ1n) is 13.8. The molecule has 42 heavy (non-hydrogen) atoms. The average Bonchev–Trinajstić information content (AvgIpc) is 3.51. The Bertz CT molecular complexity index is 1450. The summed E-state index contributed by atoms with van der Waals surface area (Å²) in [7, 11) is 0. The van der Waals surface area contributed by atoms with Crippen molar-refractivity contribution in [1.82, 2.24) is 8.43 Å². The first-order chi connectivity index (χ1) is 20.3. The van der Waals surface area contributed by atoms with Crippen molar-refractivity contribution in [3.63, 3.8) is 0 Å². The third kappa shape index (κ3) is 8.19. The van der Waals surface area contributed by atoms with Crippen LogP contribution in [0.4, 0.5) is 0 Å². The Morgan fingerprint density at radius 2 is 1.38 bits per heavy atom. The number of alkyl halides is 1. The predicted octanol–water partition coefficient (Wildman–Crippen LogP) is 5.33. The summed E-state index contributed by atoms with van der Waals surface area (Å²) in [6.07, 6.45) is 9.17. The van der Waals surface area contributed by atoms with Crippen LogP contribution in [0.3, 0.4) is 0 Å². The summed E-state index contributed by atoms with van der Waals surface area (Å²) in [6.45, 7) is 0.399. The van der Waals surface area contributed by atoms with Crippen molar-refractivity contribution >= 4 is 70.2 Å². The Morgan fingerprint density at radius 1 is 0.833 bits per heavy atom. The molecule has 1 atom stereocenters. The molecule has 1 N–H and O–H groups in total. The van der Waals surface area contributed by atoms with E-state index in [0.29, 0.717) is 41.6 Å². The summed E-state index contributed by atoms with van der Waals surface area (Å²) in [5, 5.41) is 1.67. The molecule has 9 heteroatoms. The zero-order chi connectivity index (χ0) is 29.6. The zero-order valence-corrected chi connectivity index (χ0v) is 27.9. The molecular weight excluding hydrogens is 725 g/mol. The van der Waals surface area contributed by atoms with Crippen LogP contribution in [0.25, 0.3) is 12.2 Å². The van der Waals surface area contributed by atoms with Crippen LogP contribution in [0.2, 0.25) is 20.1 Å². The van der Waals surface area contributed by atoms with Gasteiger partial charge >= 0.3 is 280 Å². The van der Waals surface area contributed by atoms with Crippen molar-refractivity contribution in [3.8, 4) is 0 Å². The molecule has 1 saturated heterocycles. The second kappa shape index (κ2) is 14.7. The van der Waals surface area contributed by atoms with E-state index in [1.165, 1.54) is 25.7 Å². The minimum absolute atomic E-state index is 0.0101. The molecule has 0 radical (unpaired) electrons. The van der Waals surface area contributed by atoms with E-state index in [0.717, 1.165) is 16.7 Å². The normalized spacial score (nSPS) is 18.8. The van der Waals surface area contributed by atoms with Crippen LogP contribution in [-0.4, -0.2) is 39.6 Å². The van der Waals surface area contributed by atoms with Gasteiger partial charge in [-0.25, -0.2) is 0 Å². The molecular formula is C33H30Cl4IN2O2-. The van der Waals surface area contributed by atoms with Gasteiger partial charge in [0, 0.05) is 0 Å². The molecule has 1 amide bonds. The van der Waals surface area contributed by atoms with E-state index in [4.69, 9.17) is 46.4 Å². The zero-order valence-electron chi connectivity index (χ0n) is 22.8. The fourth-order valence-corrected chi connectivity index (χ4v) is 8.74. The fourth-order valence-electron chi connectivity index (χ4n) is 5.19. The third-order valence-electron chi connectivity index (χ3n) is 7.40. The Balaban J connectivity index is 1.48. The topological polar surface area (TPSA) is 49.4 Å². The third-order valence-corrected chi connectivity index (χ3v) is 12.1. The van der Waals surface area contributed by atoms with Gasteiger partial charge in [0.2, 0.25) is 0 Å². The maximum absolute atomic E-state index is 14.2. The van der Waals surface area contributed by atoms with Gasteiger partial charge in [0.15, 0.2) is 0 Å². The van der Waals surface area contributed by atoms with Crippen LogP contribution in [0.1, 0.15) is 42.4 Å². The van der Waals surface area contributed by atoms with Crippen LogP contribution >= 0.6 is 46.4 Å². The van der Waals surface area contributed by atoms with Crippen molar-refractivity contribution in [2.24, 2.45) is 0 Å². The van der Waals surface area contributed by atoms with Crippen molar-refractivity contribution in [2.45, 2.75) is 42.1 Å². The summed E-state index contributed by atoms with van der Waals surface area (Å²) in [6, 6.07) is 20.2. The molecule has 0 aromatic heterocycles. The number of nitrogens with one attached hydrogen (secondary N) is 1. The molecule has 3 aromatic carbocycles. The molecule has 1 unspecified atom stereocenters. The molecule has 1 aliphatic carbocycles. The minimum atomic E-state index is -0.369. The van der Waals surface area contributed by atoms with Crippen LogP contribution in [-0.2, 0) is 16.0 Å². The SMILES string of the molecule is O=C1/C(=C/c2ccc(Cl)c(Cl)c2)CN(C(=O)C(Cc2ccccc2)N[I-]C2CCCC2)C/C1=C\c1ccc(Cl)c(Cl)c1. The molecule has 2 aliphatic rings. The first-order valence-corrected chi connectivity index (χ1v) is 17.7. The van der Waals surface area contributed by atoms with Gasteiger partial charge in [0.25, 0.3) is 0 Å². The number of benzene rings is 3. The number of nitrogens with zero attached hydrogens (tertiary/aromatic N) is 1. The summed E-state index contributed by atoms with van der Waals surface area (Å²) in [4.78, 5) is 29.8. The number of hydrogen-bond donors (Lipinski definition) is 1. The molecule has 0 spiro atoms. The van der Waals surface area contributed by atoms with Gasteiger partial charge in [0.05, 0.1) is 0 Å². The van der Waals surface area contributed by atoms with Crippen LogP contribution < -0.4 is 25.0 Å². The van der Waals surface area contributed by atoms with Crippen molar-refractivity contribution in [2.75, 3.05) is 13.1 Å². The monoisotopic (exact) mass is 753 g/mol. The Hall–Kier alpha value is -1.87. The Kier molecular flexibility index (Phi) is 11.1. The van der Waals surface area contributed by atoms with Crippen molar-refractivity contribution in [3.05, 3.63) is 115 Å². The predicted molar refractivity (Wildman–Crippen MR) is 170 cm³/mol. The van der Waals surface area contributed by atoms with Crippen LogP contribution in [0.15, 0.2) is 77.9 Å². The first kappa shape index (κ1) is 31.6. The number of rotatable bonds is 8. The van der Waals surface area contributed by atoms with E-state index in [1.807, 2.05) is 30.3 Å². The van der Waals surface area contributed by atoms with Crippen LogP contribution in [0, 0.1) is 0 Å². The van der Waals surface area contributed by atoms with Crippen molar-refractivity contribution < 1.29 is 31.1 Å². The van der Waals surface area contributed by atoms with E-state index in [-0.39, 0.29) is 52.3 Å². The fraction of sp³-hybridized carbons (Fsp3) is 0.273. The number of carbonyl (C=O) groups is 2. The van der Waals surface area contributed by atoms with Crippen molar-refractivity contribution in [1.29, 1.82) is 0 Å². The maximum atomic E-state index is 14.2. The van der Waals surface area contributed by atoms with E-state index in [1.54, 1.807) is 41.3 Å². The molecule has 1 saturated carbocycles. The van der Waals surface area contributed by atoms with Gasteiger partial charge in [0.1, 0.15) is 0 Å². The molecule has 5 rings (SSSR count). The molecule has 4 nitrogen and oxygen atoms in total. The number of piperidine rings is 1. The van der Waals surface area contributed by atoms with Gasteiger partial charge in [-0.05, 0) is 0 Å². The number of carbonyl (C=O) groups excluding carboxylic acids is 2. The van der Waals surface area contributed by atoms with Gasteiger partial charge in [-0.2, -0.15) is 0 Å². The molecule has 2 fully saturated rings.